The molecule has 0 unspecified atom stereocenters. The third-order valence-corrected chi connectivity index (χ3v) is 6.73. The van der Waals surface area contributed by atoms with Crippen molar-refractivity contribution >= 4 is 29.1 Å². The fraction of sp³-hybridized carbons (Fsp3) is 0.407. The van der Waals surface area contributed by atoms with Gasteiger partial charge in [-0.2, -0.15) is 13.2 Å². The molecule has 40 heavy (non-hydrogen) atoms. The zero-order valence-electron chi connectivity index (χ0n) is 22.3. The molecule has 13 heteroatoms. The van der Waals surface area contributed by atoms with Gasteiger partial charge in [0.2, 0.25) is 0 Å². The van der Waals surface area contributed by atoms with Gasteiger partial charge >= 0.3 is 12.2 Å². The molecule has 10 nitrogen and oxygen atoms in total. The van der Waals surface area contributed by atoms with Crippen LogP contribution in [0, 0.1) is 0 Å². The summed E-state index contributed by atoms with van der Waals surface area (Å²) in [5.74, 6) is -0.393. The molecule has 1 fully saturated rings. The number of nitrogens with zero attached hydrogens (tertiary/aromatic N) is 3. The van der Waals surface area contributed by atoms with Crippen molar-refractivity contribution < 1.29 is 32.0 Å². The monoisotopic (exact) mass is 560 g/mol. The molecule has 4 rings (SSSR count). The molecule has 0 aliphatic carbocycles. The number of urea groups is 1. The lowest BCUT2D eigenvalue weighted by Crippen LogP contribution is -2.38. The Hall–Kier alpha value is -4.13. The number of benzene rings is 1. The molecule has 214 valence electrons. The Labute approximate surface area is 229 Å². The molecule has 1 aromatic carbocycles. The molecule has 3 N–H and O–H groups in total. The van der Waals surface area contributed by atoms with Gasteiger partial charge in [0, 0.05) is 30.5 Å². The molecule has 1 aliphatic rings. The smallest absolute Gasteiger partial charge is 0.401 e. The van der Waals surface area contributed by atoms with Crippen LogP contribution in [0.25, 0.3) is 0 Å². The lowest BCUT2D eigenvalue weighted by atomic mass is 9.89. The third kappa shape index (κ3) is 7.08. The minimum atomic E-state index is -4.55. The number of ether oxygens (including phenoxy) is 1. The van der Waals surface area contributed by atoms with Crippen molar-refractivity contribution in [2.45, 2.75) is 51.3 Å². The van der Waals surface area contributed by atoms with E-state index in [1.54, 1.807) is 36.4 Å². The molecular weight excluding hydrogens is 529 g/mol. The molecule has 0 radical (unpaired) electrons. The Kier molecular flexibility index (Phi) is 8.62. The summed E-state index contributed by atoms with van der Waals surface area (Å²) in [6, 6.07) is 9.85. The van der Waals surface area contributed by atoms with Crippen molar-refractivity contribution in [3.05, 3.63) is 60.1 Å². The lowest BCUT2D eigenvalue weighted by molar-refractivity contribution is -0.185. The van der Waals surface area contributed by atoms with Crippen molar-refractivity contribution in [3.63, 3.8) is 0 Å². The van der Waals surface area contributed by atoms with Crippen molar-refractivity contribution in [1.82, 2.24) is 15.0 Å². The summed E-state index contributed by atoms with van der Waals surface area (Å²) in [5, 5.41) is 11.1. The van der Waals surface area contributed by atoms with Crippen LogP contribution in [0.1, 0.15) is 49.9 Å². The molecule has 0 bridgehead atoms. The van der Waals surface area contributed by atoms with Gasteiger partial charge in [-0.05, 0) is 69.6 Å². The van der Waals surface area contributed by atoms with Crippen molar-refractivity contribution in [1.29, 1.82) is 0 Å². The SMILES string of the molecule is CCN1CCC(Oc2ccc(C(=O)Nc3ccc(NC(=O)Nc4cc(C(C)(C)C(F)(F)F)on4)cc3)nc2)CC1. The summed E-state index contributed by atoms with van der Waals surface area (Å²) in [7, 11) is 0. The van der Waals surface area contributed by atoms with E-state index in [0.717, 1.165) is 52.4 Å². The van der Waals surface area contributed by atoms with Gasteiger partial charge < -0.3 is 24.8 Å². The first kappa shape index (κ1) is 28.9. The fourth-order valence-electron chi connectivity index (χ4n) is 4.00. The summed E-state index contributed by atoms with van der Waals surface area (Å²) >= 11 is 0. The van der Waals surface area contributed by atoms with Crippen LogP contribution in [0.2, 0.25) is 0 Å². The molecule has 0 saturated carbocycles. The number of aromatic nitrogens is 2. The van der Waals surface area contributed by atoms with E-state index in [-0.39, 0.29) is 17.6 Å². The first-order chi connectivity index (χ1) is 18.9. The van der Waals surface area contributed by atoms with Crippen molar-refractivity contribution in [2.24, 2.45) is 0 Å². The number of alkyl halides is 3. The van der Waals surface area contributed by atoms with Crippen LogP contribution < -0.4 is 20.7 Å². The molecule has 3 amide bonds. The van der Waals surface area contributed by atoms with Gasteiger partial charge in [0.1, 0.15) is 23.0 Å². The Morgan fingerprint density at radius 2 is 1.68 bits per heavy atom. The Morgan fingerprint density at radius 1 is 1.02 bits per heavy atom. The Bertz CT molecular complexity index is 1300. The van der Waals surface area contributed by atoms with Crippen LogP contribution in [0.3, 0.4) is 0 Å². The van der Waals surface area contributed by atoms with E-state index < -0.39 is 29.3 Å². The molecule has 0 spiro atoms. The maximum absolute atomic E-state index is 13.2. The third-order valence-electron chi connectivity index (χ3n) is 6.73. The number of hydrogen-bond acceptors (Lipinski definition) is 7. The molecule has 0 atom stereocenters. The number of halogens is 3. The zero-order chi connectivity index (χ0) is 28.9. The van der Waals surface area contributed by atoms with Gasteiger partial charge in [-0.15, -0.1) is 0 Å². The van der Waals surface area contributed by atoms with E-state index in [2.05, 4.69) is 37.9 Å². The van der Waals surface area contributed by atoms with Crippen LogP contribution in [0.5, 0.6) is 5.75 Å². The average Bonchev–Trinajstić information content (AvgIpc) is 3.39. The topological polar surface area (TPSA) is 122 Å². The maximum atomic E-state index is 13.2. The standard InChI is InChI=1S/C27H31F3N6O4/c1-4-36-13-11-19(12-14-36)39-20-9-10-21(31-16-20)24(37)32-17-5-7-18(8-6-17)33-25(38)34-23-15-22(40-35-23)26(2,3)27(28,29)30/h5-10,15-16,19H,4,11-14H2,1-3H3,(H,32,37)(H2,33,34,35,38). The van der Waals surface area contributed by atoms with Gasteiger partial charge in [0.25, 0.3) is 5.91 Å². The predicted molar refractivity (Wildman–Crippen MR) is 143 cm³/mol. The number of rotatable bonds is 8. The van der Waals surface area contributed by atoms with E-state index in [4.69, 9.17) is 9.26 Å². The predicted octanol–water partition coefficient (Wildman–Crippen LogP) is 5.67. The summed E-state index contributed by atoms with van der Waals surface area (Å²) in [6.45, 7) is 7.09. The van der Waals surface area contributed by atoms with Crippen LogP contribution in [-0.4, -0.2) is 58.9 Å². The number of nitrogens with one attached hydrogen (secondary N) is 3. The summed E-state index contributed by atoms with van der Waals surface area (Å²) in [4.78, 5) is 31.4. The Balaban J connectivity index is 1.26. The van der Waals surface area contributed by atoms with Crippen molar-refractivity contribution in [2.75, 3.05) is 35.6 Å². The highest BCUT2D eigenvalue weighted by molar-refractivity contribution is 6.03. The number of piperidine rings is 1. The minimum Gasteiger partial charge on any atom is -0.489 e. The lowest BCUT2D eigenvalue weighted by Gasteiger charge is -2.31. The minimum absolute atomic E-state index is 0.133. The summed E-state index contributed by atoms with van der Waals surface area (Å²) in [6.07, 6.45) is -0.986. The average molecular weight is 561 g/mol. The van der Waals surface area contributed by atoms with Crippen molar-refractivity contribution in [3.8, 4) is 5.75 Å². The second-order valence-electron chi connectivity index (χ2n) is 9.94. The number of pyridine rings is 1. The van der Waals surface area contributed by atoms with E-state index in [9.17, 15) is 22.8 Å². The highest BCUT2D eigenvalue weighted by Crippen LogP contribution is 2.41. The van der Waals surface area contributed by atoms with Gasteiger partial charge in [-0.3, -0.25) is 10.1 Å². The Morgan fingerprint density at radius 3 is 2.25 bits per heavy atom. The number of amides is 3. The van der Waals surface area contributed by atoms with E-state index >= 15 is 0 Å². The van der Waals surface area contributed by atoms with E-state index in [1.807, 2.05) is 0 Å². The van der Waals surface area contributed by atoms with Crippen LogP contribution >= 0.6 is 0 Å². The number of anilines is 3. The van der Waals surface area contributed by atoms with Gasteiger partial charge in [-0.1, -0.05) is 12.1 Å². The first-order valence-electron chi connectivity index (χ1n) is 12.8. The van der Waals surface area contributed by atoms with E-state index in [1.165, 1.54) is 6.20 Å². The number of carbonyl (C=O) groups is 2. The second kappa shape index (κ2) is 11.9. The van der Waals surface area contributed by atoms with E-state index in [0.29, 0.717) is 17.1 Å². The molecule has 3 heterocycles. The normalized spacial score (nSPS) is 14.9. The summed E-state index contributed by atoms with van der Waals surface area (Å²) < 4.78 is 50.3. The zero-order valence-corrected chi connectivity index (χ0v) is 22.3. The number of hydrogen-bond donors (Lipinski definition) is 3. The quantitative estimate of drug-likeness (QED) is 0.325. The van der Waals surface area contributed by atoms with Gasteiger partial charge in [-0.25, -0.2) is 9.78 Å². The highest BCUT2D eigenvalue weighted by Gasteiger charge is 2.51. The van der Waals surface area contributed by atoms with Crippen LogP contribution in [0.15, 0.2) is 53.2 Å². The number of likely N-dealkylation sites (tertiary alicyclic amines) is 1. The first-order valence-corrected chi connectivity index (χ1v) is 12.8. The molecule has 3 aromatic rings. The maximum Gasteiger partial charge on any atom is 0.401 e. The number of carbonyl (C=O) groups excluding carboxylic acids is 2. The second-order valence-corrected chi connectivity index (χ2v) is 9.94. The molecular formula is C27H31F3N6O4. The highest BCUT2D eigenvalue weighted by atomic mass is 19.4. The molecule has 2 aromatic heterocycles. The fourth-order valence-corrected chi connectivity index (χ4v) is 4.00. The van der Waals surface area contributed by atoms with Gasteiger partial charge in [0.05, 0.1) is 6.20 Å². The molecule has 1 aliphatic heterocycles. The largest absolute Gasteiger partial charge is 0.489 e. The van der Waals surface area contributed by atoms with Gasteiger partial charge in [0.15, 0.2) is 11.6 Å². The van der Waals surface area contributed by atoms with Crippen LogP contribution in [-0.2, 0) is 5.41 Å². The van der Waals surface area contributed by atoms with Crippen LogP contribution in [0.4, 0.5) is 35.2 Å². The summed E-state index contributed by atoms with van der Waals surface area (Å²) in [5.41, 5.74) is -1.21. The molecule has 1 saturated heterocycles.